The zero-order valence-electron chi connectivity index (χ0n) is 7.57. The number of fused-ring (bicyclic) bond motifs is 1. The van der Waals surface area contributed by atoms with Crippen molar-refractivity contribution in [2.24, 2.45) is 5.73 Å². The quantitative estimate of drug-likeness (QED) is 0.702. The molecule has 1 aromatic rings. The van der Waals surface area contributed by atoms with Crippen LogP contribution in [0.15, 0.2) is 24.3 Å². The first-order chi connectivity index (χ1) is 6.33. The fraction of sp³-hybridized carbons (Fsp3) is 0.400. The van der Waals surface area contributed by atoms with Crippen molar-refractivity contribution in [2.75, 3.05) is 13.7 Å². The number of benzene rings is 1. The molecule has 0 saturated carbocycles. The molecule has 2 atom stereocenters. The van der Waals surface area contributed by atoms with Crippen LogP contribution in [0.5, 0.6) is 5.75 Å². The fourth-order valence-corrected chi connectivity index (χ4v) is 1.65. The summed E-state index contributed by atoms with van der Waals surface area (Å²) in [5.74, 6) is 0.885. The Labute approximate surface area is 77.5 Å². The first-order valence-corrected chi connectivity index (χ1v) is 4.33. The van der Waals surface area contributed by atoms with Gasteiger partial charge in [0.25, 0.3) is 0 Å². The van der Waals surface area contributed by atoms with Crippen LogP contribution in [0.3, 0.4) is 0 Å². The van der Waals surface area contributed by atoms with Crippen LogP contribution in [-0.4, -0.2) is 19.8 Å². The zero-order valence-corrected chi connectivity index (χ0v) is 7.57. The van der Waals surface area contributed by atoms with E-state index in [2.05, 4.69) is 0 Å². The van der Waals surface area contributed by atoms with E-state index in [1.54, 1.807) is 7.11 Å². The number of ether oxygens (including phenoxy) is 2. The topological polar surface area (TPSA) is 44.5 Å². The van der Waals surface area contributed by atoms with E-state index >= 15 is 0 Å². The summed E-state index contributed by atoms with van der Waals surface area (Å²) in [7, 11) is 1.67. The first kappa shape index (κ1) is 8.53. The van der Waals surface area contributed by atoms with E-state index in [1.165, 1.54) is 0 Å². The molecule has 3 nitrogen and oxygen atoms in total. The summed E-state index contributed by atoms with van der Waals surface area (Å²) in [6.07, 6.45) is -0.0371. The Morgan fingerprint density at radius 2 is 2.23 bits per heavy atom. The van der Waals surface area contributed by atoms with Gasteiger partial charge >= 0.3 is 0 Å². The first-order valence-electron chi connectivity index (χ1n) is 4.33. The second-order valence-corrected chi connectivity index (χ2v) is 3.17. The molecule has 70 valence electrons. The van der Waals surface area contributed by atoms with Gasteiger partial charge in [0.15, 0.2) is 0 Å². The van der Waals surface area contributed by atoms with Gasteiger partial charge in [0, 0.05) is 12.7 Å². The van der Waals surface area contributed by atoms with Gasteiger partial charge < -0.3 is 15.2 Å². The van der Waals surface area contributed by atoms with Crippen molar-refractivity contribution in [3.05, 3.63) is 29.8 Å². The van der Waals surface area contributed by atoms with Crippen LogP contribution >= 0.6 is 0 Å². The van der Waals surface area contributed by atoms with Gasteiger partial charge in [0.2, 0.25) is 0 Å². The number of rotatable bonds is 1. The third kappa shape index (κ3) is 1.41. The number of nitrogens with two attached hydrogens (primary N) is 1. The monoisotopic (exact) mass is 179 g/mol. The summed E-state index contributed by atoms with van der Waals surface area (Å²) in [6.45, 7) is 0.523. The maximum atomic E-state index is 5.85. The minimum atomic E-state index is -0.0695. The van der Waals surface area contributed by atoms with E-state index in [-0.39, 0.29) is 12.1 Å². The molecule has 1 heterocycles. The van der Waals surface area contributed by atoms with Gasteiger partial charge in [-0.3, -0.25) is 0 Å². The summed E-state index contributed by atoms with van der Waals surface area (Å²) in [6, 6.07) is 7.77. The third-order valence-corrected chi connectivity index (χ3v) is 2.30. The van der Waals surface area contributed by atoms with Crippen molar-refractivity contribution < 1.29 is 9.47 Å². The molecule has 3 heteroatoms. The van der Waals surface area contributed by atoms with Crippen LogP contribution in [0, 0.1) is 0 Å². The highest BCUT2D eigenvalue weighted by molar-refractivity contribution is 5.37. The maximum Gasteiger partial charge on any atom is 0.125 e. The van der Waals surface area contributed by atoms with Crippen molar-refractivity contribution >= 4 is 0 Å². The molecular weight excluding hydrogens is 166 g/mol. The van der Waals surface area contributed by atoms with Crippen molar-refractivity contribution in [2.45, 2.75) is 12.1 Å². The van der Waals surface area contributed by atoms with Crippen LogP contribution in [0.4, 0.5) is 0 Å². The average molecular weight is 179 g/mol. The van der Waals surface area contributed by atoms with E-state index < -0.39 is 0 Å². The molecule has 1 unspecified atom stereocenters. The van der Waals surface area contributed by atoms with E-state index in [1.807, 2.05) is 24.3 Å². The minimum Gasteiger partial charge on any atom is -0.491 e. The molecule has 1 aliphatic rings. The molecule has 2 N–H and O–H groups in total. The molecule has 0 amide bonds. The van der Waals surface area contributed by atoms with E-state index in [0.717, 1.165) is 11.3 Å². The SMILES string of the molecule is COC1c2ccccc2OC[C@@H]1N. The number of para-hydroxylation sites is 1. The lowest BCUT2D eigenvalue weighted by Gasteiger charge is -2.29. The lowest BCUT2D eigenvalue weighted by molar-refractivity contribution is 0.0454. The fourth-order valence-electron chi connectivity index (χ4n) is 1.65. The Balaban J connectivity index is 2.39. The number of methoxy groups -OCH3 is 1. The summed E-state index contributed by atoms with van der Waals surface area (Å²) in [5.41, 5.74) is 6.90. The zero-order chi connectivity index (χ0) is 9.26. The molecular formula is C10H13NO2. The van der Waals surface area contributed by atoms with Crippen LogP contribution in [-0.2, 0) is 4.74 Å². The van der Waals surface area contributed by atoms with Crippen LogP contribution in [0.2, 0.25) is 0 Å². The standard InChI is InChI=1S/C10H13NO2/c1-12-10-7-4-2-3-5-9(7)13-6-8(10)11/h2-5,8,10H,6,11H2,1H3/t8-,10?/m0/s1. The second kappa shape index (κ2) is 3.36. The molecule has 1 aliphatic heterocycles. The van der Waals surface area contributed by atoms with Crippen molar-refractivity contribution in [3.63, 3.8) is 0 Å². The summed E-state index contributed by atoms with van der Waals surface area (Å²) in [5, 5.41) is 0. The maximum absolute atomic E-state index is 5.85. The second-order valence-electron chi connectivity index (χ2n) is 3.17. The Morgan fingerprint density at radius 1 is 1.46 bits per heavy atom. The predicted molar refractivity (Wildman–Crippen MR) is 49.7 cm³/mol. The van der Waals surface area contributed by atoms with Crippen LogP contribution in [0.25, 0.3) is 0 Å². The Bertz CT molecular complexity index is 301. The summed E-state index contributed by atoms with van der Waals surface area (Å²) >= 11 is 0. The van der Waals surface area contributed by atoms with E-state index in [0.29, 0.717) is 6.61 Å². The van der Waals surface area contributed by atoms with Crippen LogP contribution in [0.1, 0.15) is 11.7 Å². The van der Waals surface area contributed by atoms with Crippen molar-refractivity contribution in [1.29, 1.82) is 0 Å². The summed E-state index contributed by atoms with van der Waals surface area (Å²) in [4.78, 5) is 0. The van der Waals surface area contributed by atoms with Crippen molar-refractivity contribution in [3.8, 4) is 5.75 Å². The highest BCUT2D eigenvalue weighted by atomic mass is 16.5. The third-order valence-electron chi connectivity index (χ3n) is 2.30. The van der Waals surface area contributed by atoms with E-state index in [4.69, 9.17) is 15.2 Å². The normalized spacial score (nSPS) is 26.3. The Morgan fingerprint density at radius 3 is 3.00 bits per heavy atom. The molecule has 0 radical (unpaired) electrons. The van der Waals surface area contributed by atoms with Crippen LogP contribution < -0.4 is 10.5 Å². The highest BCUT2D eigenvalue weighted by Crippen LogP contribution is 2.32. The smallest absolute Gasteiger partial charge is 0.125 e. The Kier molecular flexibility index (Phi) is 2.20. The van der Waals surface area contributed by atoms with Gasteiger partial charge in [-0.2, -0.15) is 0 Å². The average Bonchev–Trinajstić information content (AvgIpc) is 2.18. The molecule has 0 bridgehead atoms. The molecule has 0 fully saturated rings. The van der Waals surface area contributed by atoms with Crippen molar-refractivity contribution in [1.82, 2.24) is 0 Å². The van der Waals surface area contributed by atoms with E-state index in [9.17, 15) is 0 Å². The predicted octanol–water partition coefficient (Wildman–Crippen LogP) is 1.09. The highest BCUT2D eigenvalue weighted by Gasteiger charge is 2.27. The largest absolute Gasteiger partial charge is 0.491 e. The lowest BCUT2D eigenvalue weighted by Crippen LogP contribution is -2.38. The molecule has 0 aromatic heterocycles. The Hall–Kier alpha value is -1.06. The summed E-state index contributed by atoms with van der Waals surface area (Å²) < 4.78 is 10.8. The molecule has 13 heavy (non-hydrogen) atoms. The lowest BCUT2D eigenvalue weighted by atomic mass is 10.00. The van der Waals surface area contributed by atoms with Gasteiger partial charge in [-0.15, -0.1) is 0 Å². The molecule has 1 aromatic carbocycles. The minimum absolute atomic E-state index is 0.0371. The molecule has 0 aliphatic carbocycles. The van der Waals surface area contributed by atoms with Gasteiger partial charge in [-0.25, -0.2) is 0 Å². The molecule has 0 spiro atoms. The number of hydrogen-bond acceptors (Lipinski definition) is 3. The van der Waals surface area contributed by atoms with Gasteiger partial charge in [-0.05, 0) is 6.07 Å². The van der Waals surface area contributed by atoms with Gasteiger partial charge in [0.1, 0.15) is 18.5 Å². The number of hydrogen-bond donors (Lipinski definition) is 1. The molecule has 2 rings (SSSR count). The van der Waals surface area contributed by atoms with Gasteiger partial charge in [-0.1, -0.05) is 18.2 Å². The van der Waals surface area contributed by atoms with Gasteiger partial charge in [0.05, 0.1) is 6.04 Å². The molecule has 0 saturated heterocycles.